The van der Waals surface area contributed by atoms with Crippen molar-refractivity contribution in [3.05, 3.63) is 30.3 Å². The Morgan fingerprint density at radius 2 is 1.87 bits per heavy atom. The molecule has 0 aliphatic heterocycles. The lowest BCUT2D eigenvalue weighted by Gasteiger charge is -2.28. The molecule has 0 amide bonds. The fraction of sp³-hybridized carbons (Fsp3) is 0.500. The minimum Gasteiger partial charge on any atom is -0.491 e. The molecule has 0 aromatic heterocycles. The number of methoxy groups -OCH3 is 1. The van der Waals surface area contributed by atoms with Gasteiger partial charge >= 0.3 is 0 Å². The van der Waals surface area contributed by atoms with Crippen molar-refractivity contribution in [2.24, 2.45) is 0 Å². The van der Waals surface area contributed by atoms with Crippen LogP contribution in [-0.2, 0) is 4.74 Å². The van der Waals surface area contributed by atoms with Gasteiger partial charge in [-0.05, 0) is 26.0 Å². The molecule has 3 heteroatoms. The second kappa shape index (κ2) is 5.14. The van der Waals surface area contributed by atoms with Crippen LogP contribution in [0.3, 0.4) is 0 Å². The first-order valence-electron chi connectivity index (χ1n) is 4.97. The van der Waals surface area contributed by atoms with Gasteiger partial charge in [0.15, 0.2) is 0 Å². The summed E-state index contributed by atoms with van der Waals surface area (Å²) in [7, 11) is 1.58. The molecule has 15 heavy (non-hydrogen) atoms. The Kier molecular flexibility index (Phi) is 4.12. The third-order valence-electron chi connectivity index (χ3n) is 2.48. The Morgan fingerprint density at radius 1 is 1.27 bits per heavy atom. The topological polar surface area (TPSA) is 38.7 Å². The first kappa shape index (κ1) is 12.0. The molecule has 0 aliphatic rings. The van der Waals surface area contributed by atoms with Crippen LogP contribution in [0.15, 0.2) is 30.3 Å². The molecule has 0 fully saturated rings. The van der Waals surface area contributed by atoms with Crippen molar-refractivity contribution in [3.8, 4) is 5.75 Å². The summed E-state index contributed by atoms with van der Waals surface area (Å²) < 4.78 is 10.6. The van der Waals surface area contributed by atoms with E-state index in [0.29, 0.717) is 0 Å². The predicted octanol–water partition coefficient (Wildman–Crippen LogP) is 1.85. The van der Waals surface area contributed by atoms with E-state index in [-0.39, 0.29) is 6.61 Å². The van der Waals surface area contributed by atoms with Gasteiger partial charge in [-0.15, -0.1) is 0 Å². The second-order valence-corrected chi connectivity index (χ2v) is 3.95. The quantitative estimate of drug-likeness (QED) is 0.806. The molecule has 0 bridgehead atoms. The number of hydrogen-bond donors (Lipinski definition) is 1. The van der Waals surface area contributed by atoms with Crippen LogP contribution >= 0.6 is 0 Å². The Hall–Kier alpha value is -1.06. The van der Waals surface area contributed by atoms with E-state index < -0.39 is 11.7 Å². The number of aliphatic hydroxyl groups excluding tert-OH is 1. The second-order valence-electron chi connectivity index (χ2n) is 3.95. The summed E-state index contributed by atoms with van der Waals surface area (Å²) in [6.45, 7) is 3.88. The first-order valence-corrected chi connectivity index (χ1v) is 4.97. The van der Waals surface area contributed by atoms with Crippen LogP contribution in [0.25, 0.3) is 0 Å². The molecule has 84 valence electrons. The molecule has 1 atom stereocenters. The summed E-state index contributed by atoms with van der Waals surface area (Å²) in [4.78, 5) is 0. The van der Waals surface area contributed by atoms with Gasteiger partial charge in [-0.25, -0.2) is 0 Å². The van der Waals surface area contributed by atoms with Crippen LogP contribution in [0, 0.1) is 0 Å². The number of aliphatic hydroxyl groups is 1. The molecular weight excluding hydrogens is 192 g/mol. The van der Waals surface area contributed by atoms with Crippen molar-refractivity contribution < 1.29 is 14.6 Å². The molecule has 1 rings (SSSR count). The maximum atomic E-state index is 9.79. The van der Waals surface area contributed by atoms with Crippen LogP contribution in [0.1, 0.15) is 13.8 Å². The maximum absolute atomic E-state index is 9.79. The molecule has 0 spiro atoms. The predicted molar refractivity (Wildman–Crippen MR) is 59.0 cm³/mol. The standard InChI is InChI=1S/C12H18O3/c1-12(2,14-3)11(13)9-15-10-7-5-4-6-8-10/h4-8,11,13H,9H2,1-3H3. The van der Waals surface area contributed by atoms with Gasteiger partial charge in [-0.2, -0.15) is 0 Å². The summed E-state index contributed by atoms with van der Waals surface area (Å²) in [6, 6.07) is 9.41. The number of rotatable bonds is 5. The average Bonchev–Trinajstić information content (AvgIpc) is 2.27. The average molecular weight is 210 g/mol. The van der Waals surface area contributed by atoms with E-state index >= 15 is 0 Å². The lowest BCUT2D eigenvalue weighted by molar-refractivity contribution is -0.0914. The largest absolute Gasteiger partial charge is 0.491 e. The third kappa shape index (κ3) is 3.53. The van der Waals surface area contributed by atoms with Gasteiger partial charge in [-0.1, -0.05) is 18.2 Å². The monoisotopic (exact) mass is 210 g/mol. The van der Waals surface area contributed by atoms with Crippen molar-refractivity contribution in [3.63, 3.8) is 0 Å². The Morgan fingerprint density at radius 3 is 2.40 bits per heavy atom. The van der Waals surface area contributed by atoms with Crippen LogP contribution in [0.5, 0.6) is 5.75 Å². The van der Waals surface area contributed by atoms with Crippen molar-refractivity contribution >= 4 is 0 Å². The molecule has 0 radical (unpaired) electrons. The third-order valence-corrected chi connectivity index (χ3v) is 2.48. The maximum Gasteiger partial charge on any atom is 0.119 e. The zero-order valence-electron chi connectivity index (χ0n) is 9.43. The summed E-state index contributed by atoms with van der Waals surface area (Å²) in [6.07, 6.45) is -0.650. The van der Waals surface area contributed by atoms with E-state index in [1.807, 2.05) is 44.2 Å². The zero-order chi connectivity index (χ0) is 11.3. The minimum atomic E-state index is -0.650. The highest BCUT2D eigenvalue weighted by molar-refractivity contribution is 5.20. The summed E-state index contributed by atoms with van der Waals surface area (Å²) in [5, 5.41) is 9.79. The first-order chi connectivity index (χ1) is 7.06. The number of para-hydroxylation sites is 1. The summed E-state index contributed by atoms with van der Waals surface area (Å²) in [5.74, 6) is 0.753. The van der Waals surface area contributed by atoms with E-state index in [4.69, 9.17) is 9.47 Å². The van der Waals surface area contributed by atoms with E-state index in [0.717, 1.165) is 5.75 Å². The van der Waals surface area contributed by atoms with Gasteiger partial charge < -0.3 is 14.6 Å². The smallest absolute Gasteiger partial charge is 0.119 e. The van der Waals surface area contributed by atoms with Gasteiger partial charge in [0.05, 0.1) is 5.60 Å². The van der Waals surface area contributed by atoms with Crippen molar-refractivity contribution in [2.45, 2.75) is 25.6 Å². The molecule has 0 aliphatic carbocycles. The Bertz CT molecular complexity index is 282. The SMILES string of the molecule is COC(C)(C)C(O)COc1ccccc1. The van der Waals surface area contributed by atoms with Gasteiger partial charge in [0.1, 0.15) is 18.5 Å². The molecule has 3 nitrogen and oxygen atoms in total. The van der Waals surface area contributed by atoms with Gasteiger partial charge in [0, 0.05) is 7.11 Å². The highest BCUT2D eigenvalue weighted by atomic mass is 16.5. The highest BCUT2D eigenvalue weighted by Crippen LogP contribution is 2.15. The van der Waals surface area contributed by atoms with E-state index in [1.54, 1.807) is 7.11 Å². The molecule has 0 saturated heterocycles. The zero-order valence-corrected chi connectivity index (χ0v) is 9.43. The Labute approximate surface area is 90.6 Å². The van der Waals surface area contributed by atoms with Crippen molar-refractivity contribution in [2.75, 3.05) is 13.7 Å². The Balaban J connectivity index is 2.44. The fourth-order valence-electron chi connectivity index (χ4n) is 1.03. The molecule has 0 heterocycles. The van der Waals surface area contributed by atoms with E-state index in [2.05, 4.69) is 0 Å². The van der Waals surface area contributed by atoms with Crippen LogP contribution < -0.4 is 4.74 Å². The molecule has 0 saturated carbocycles. The number of benzene rings is 1. The molecule has 1 aromatic rings. The molecule has 1 aromatic carbocycles. The lowest BCUT2D eigenvalue weighted by Crippen LogP contribution is -2.42. The van der Waals surface area contributed by atoms with Gasteiger partial charge in [0.2, 0.25) is 0 Å². The van der Waals surface area contributed by atoms with E-state index in [1.165, 1.54) is 0 Å². The highest BCUT2D eigenvalue weighted by Gasteiger charge is 2.27. The lowest BCUT2D eigenvalue weighted by atomic mass is 10.0. The normalized spacial score (nSPS) is 13.6. The van der Waals surface area contributed by atoms with Crippen LogP contribution in [0.4, 0.5) is 0 Å². The number of ether oxygens (including phenoxy) is 2. The number of hydrogen-bond acceptors (Lipinski definition) is 3. The van der Waals surface area contributed by atoms with Gasteiger partial charge in [-0.3, -0.25) is 0 Å². The van der Waals surface area contributed by atoms with E-state index in [9.17, 15) is 5.11 Å². The summed E-state index contributed by atoms with van der Waals surface area (Å²) in [5.41, 5.74) is -0.589. The van der Waals surface area contributed by atoms with Crippen LogP contribution in [-0.4, -0.2) is 30.5 Å². The molecule has 1 N–H and O–H groups in total. The fourth-order valence-corrected chi connectivity index (χ4v) is 1.03. The summed E-state index contributed by atoms with van der Waals surface area (Å²) >= 11 is 0. The molecule has 1 unspecified atom stereocenters. The van der Waals surface area contributed by atoms with Crippen LogP contribution in [0.2, 0.25) is 0 Å². The van der Waals surface area contributed by atoms with Gasteiger partial charge in [0.25, 0.3) is 0 Å². The van der Waals surface area contributed by atoms with Crippen molar-refractivity contribution in [1.82, 2.24) is 0 Å². The minimum absolute atomic E-state index is 0.227. The van der Waals surface area contributed by atoms with Crippen molar-refractivity contribution in [1.29, 1.82) is 0 Å². The molecular formula is C12H18O3.